The molecule has 0 bridgehead atoms. The molecule has 0 aliphatic heterocycles. The van der Waals surface area contributed by atoms with E-state index in [2.05, 4.69) is 26.9 Å². The van der Waals surface area contributed by atoms with E-state index in [1.165, 1.54) is 50.6 Å². The zero-order chi connectivity index (χ0) is 37.4. The van der Waals surface area contributed by atoms with Gasteiger partial charge in [0, 0.05) is 47.3 Å². The molecule has 0 spiro atoms. The minimum atomic E-state index is -4.74. The number of carbonyl (C=O) groups is 1. The van der Waals surface area contributed by atoms with Crippen LogP contribution in [0.15, 0.2) is 73.1 Å². The zero-order valence-corrected chi connectivity index (χ0v) is 31.1. The molecular weight excluding hydrogens is 710 g/mol. The zero-order valence-electron chi connectivity index (χ0n) is 30.2. The second-order valence-corrected chi connectivity index (χ2v) is 13.8. The quantitative estimate of drug-likeness (QED) is 0.0477. The second kappa shape index (κ2) is 24.9. The van der Waals surface area contributed by atoms with Crippen molar-refractivity contribution in [3.63, 3.8) is 0 Å². The van der Waals surface area contributed by atoms with Crippen LogP contribution in [0.4, 0.5) is 13.2 Å². The number of ether oxygens (including phenoxy) is 6. The number of nitrogens with zero attached hydrogens (tertiary/aromatic N) is 2. The van der Waals surface area contributed by atoms with Gasteiger partial charge in [-0.05, 0) is 68.4 Å². The van der Waals surface area contributed by atoms with E-state index >= 15 is 0 Å². The van der Waals surface area contributed by atoms with Crippen molar-refractivity contribution in [2.45, 2.75) is 63.0 Å². The van der Waals surface area contributed by atoms with Crippen LogP contribution in [-0.2, 0) is 30.1 Å². The fraction of sp³-hybridized carbons (Fsp3) is 0.525. The van der Waals surface area contributed by atoms with Gasteiger partial charge in [-0.2, -0.15) is 11.8 Å². The Morgan fingerprint density at radius 2 is 1.42 bits per heavy atom. The molecule has 0 N–H and O–H groups in total. The van der Waals surface area contributed by atoms with Gasteiger partial charge in [0.15, 0.2) is 5.78 Å². The number of allylic oxidation sites excluding steroid dienone is 2. The molecule has 1 aliphatic rings. The lowest BCUT2D eigenvalue weighted by Crippen LogP contribution is -2.17. The van der Waals surface area contributed by atoms with Crippen molar-refractivity contribution in [2.75, 3.05) is 71.8 Å². The molecular formula is C40H51F3N2O7S. The molecule has 1 atom stereocenters. The van der Waals surface area contributed by atoms with E-state index in [1.807, 2.05) is 23.9 Å². The summed E-state index contributed by atoms with van der Waals surface area (Å²) in [5.41, 5.74) is 3.44. The van der Waals surface area contributed by atoms with Gasteiger partial charge in [-0.15, -0.1) is 13.2 Å². The molecule has 0 fully saturated rings. The Kier molecular flexibility index (Phi) is 19.9. The lowest BCUT2D eigenvalue weighted by Gasteiger charge is -2.17. The number of alkyl halides is 3. The van der Waals surface area contributed by atoms with Crippen molar-refractivity contribution in [1.29, 1.82) is 0 Å². The molecule has 3 aromatic rings. The Morgan fingerprint density at radius 1 is 0.755 bits per heavy atom. The minimum Gasteiger partial charge on any atom is -0.406 e. The van der Waals surface area contributed by atoms with Gasteiger partial charge in [0.05, 0.1) is 65.2 Å². The number of thioether (sulfide) groups is 1. The van der Waals surface area contributed by atoms with E-state index < -0.39 is 6.36 Å². The van der Waals surface area contributed by atoms with Crippen molar-refractivity contribution >= 4 is 17.5 Å². The molecule has 1 aromatic heterocycles. The minimum absolute atomic E-state index is 0.00330. The number of hydrogen-bond acceptors (Lipinski definition) is 10. The fourth-order valence-electron chi connectivity index (χ4n) is 5.55. The van der Waals surface area contributed by atoms with E-state index in [-0.39, 0.29) is 11.5 Å². The summed E-state index contributed by atoms with van der Waals surface area (Å²) in [6.07, 6.45) is 8.90. The Labute approximate surface area is 315 Å². The van der Waals surface area contributed by atoms with Gasteiger partial charge in [0.2, 0.25) is 0 Å². The second-order valence-electron chi connectivity index (χ2n) is 12.4. The number of aromatic nitrogens is 2. The standard InChI is InChI=1S/C40H51F3N2O7S/c41-40(42,43)52-36-15-13-32(14-16-36)28-35-30-38(45-31-44-35)33-8-6-9-34(29-33)39(46)12-7-17-47-18-19-48-20-21-49-22-23-50-24-25-51-26-27-53-37-10-4-2-1-3-5-11-37/h1-2,6,8-9,13-16,29-31,37H,3-5,7,10-12,17-28H2/b2-1+. The first kappa shape index (κ1) is 42.4. The van der Waals surface area contributed by atoms with Crippen molar-refractivity contribution in [1.82, 2.24) is 9.97 Å². The van der Waals surface area contributed by atoms with Gasteiger partial charge in [0.25, 0.3) is 0 Å². The van der Waals surface area contributed by atoms with Crippen molar-refractivity contribution in [2.24, 2.45) is 0 Å². The van der Waals surface area contributed by atoms with Crippen LogP contribution in [0.25, 0.3) is 11.3 Å². The fourth-order valence-corrected chi connectivity index (χ4v) is 6.73. The van der Waals surface area contributed by atoms with E-state index in [4.69, 9.17) is 23.7 Å². The summed E-state index contributed by atoms with van der Waals surface area (Å²) >= 11 is 2.04. The molecule has 1 unspecified atom stereocenters. The van der Waals surface area contributed by atoms with Crippen LogP contribution in [-0.4, -0.2) is 99.2 Å². The van der Waals surface area contributed by atoms with Gasteiger partial charge in [-0.1, -0.05) is 42.5 Å². The van der Waals surface area contributed by atoms with Crippen LogP contribution < -0.4 is 4.74 Å². The number of Topliss-reactive ketones (excluding diaryl/α,β-unsaturated/α-hetero) is 1. The molecule has 2 aromatic carbocycles. The van der Waals surface area contributed by atoms with Crippen LogP contribution in [0.3, 0.4) is 0 Å². The number of ketones is 1. The van der Waals surface area contributed by atoms with E-state index in [0.29, 0.717) is 95.7 Å². The predicted octanol–water partition coefficient (Wildman–Crippen LogP) is 8.30. The first-order chi connectivity index (χ1) is 25.9. The average Bonchev–Trinajstić information content (AvgIpc) is 3.13. The largest absolute Gasteiger partial charge is 0.573 e. The molecule has 1 aliphatic carbocycles. The summed E-state index contributed by atoms with van der Waals surface area (Å²) in [5.74, 6) is 0.759. The Hall–Kier alpha value is -3.33. The third-order valence-corrected chi connectivity index (χ3v) is 9.57. The van der Waals surface area contributed by atoms with Crippen LogP contribution in [0.1, 0.15) is 66.6 Å². The number of carbonyl (C=O) groups excluding carboxylic acids is 1. The topological polar surface area (TPSA) is 98.2 Å². The van der Waals surface area contributed by atoms with Gasteiger partial charge >= 0.3 is 6.36 Å². The average molecular weight is 761 g/mol. The maximum absolute atomic E-state index is 12.9. The SMILES string of the molecule is O=C(CCCOCCOCCOCCOCCOCCSC1CC/C=C/CCC1)c1cccc(-c2cc(Cc3ccc(OC(F)(F)F)cc3)ncn2)c1. The van der Waals surface area contributed by atoms with Crippen LogP contribution in [0.2, 0.25) is 0 Å². The summed E-state index contributed by atoms with van der Waals surface area (Å²) in [7, 11) is 0. The predicted molar refractivity (Wildman–Crippen MR) is 200 cm³/mol. The number of benzene rings is 2. The summed E-state index contributed by atoms with van der Waals surface area (Å²) < 4.78 is 69.2. The van der Waals surface area contributed by atoms with Gasteiger partial charge in [0.1, 0.15) is 12.1 Å². The van der Waals surface area contributed by atoms with Gasteiger partial charge in [-0.3, -0.25) is 4.79 Å². The first-order valence-electron chi connectivity index (χ1n) is 18.3. The van der Waals surface area contributed by atoms with E-state index in [9.17, 15) is 18.0 Å². The van der Waals surface area contributed by atoms with Crippen LogP contribution >= 0.6 is 11.8 Å². The Morgan fingerprint density at radius 3 is 2.11 bits per heavy atom. The third-order valence-electron chi connectivity index (χ3n) is 8.23. The highest BCUT2D eigenvalue weighted by molar-refractivity contribution is 7.99. The van der Waals surface area contributed by atoms with E-state index in [1.54, 1.807) is 30.3 Å². The molecule has 53 heavy (non-hydrogen) atoms. The summed E-state index contributed by atoms with van der Waals surface area (Å²) in [6, 6.07) is 14.7. The Bertz CT molecular complexity index is 1490. The first-order valence-corrected chi connectivity index (χ1v) is 19.3. The number of halogens is 3. The van der Waals surface area contributed by atoms with Gasteiger partial charge in [-0.25, -0.2) is 9.97 Å². The summed E-state index contributed by atoms with van der Waals surface area (Å²) in [4.78, 5) is 21.5. The van der Waals surface area contributed by atoms with Crippen LogP contribution in [0.5, 0.6) is 5.75 Å². The van der Waals surface area contributed by atoms with Crippen molar-refractivity contribution in [3.05, 3.63) is 89.9 Å². The molecule has 0 saturated carbocycles. The summed E-state index contributed by atoms with van der Waals surface area (Å²) in [5, 5.41) is 0.759. The van der Waals surface area contributed by atoms with Gasteiger partial charge < -0.3 is 28.4 Å². The lowest BCUT2D eigenvalue weighted by molar-refractivity contribution is -0.274. The molecule has 0 saturated heterocycles. The molecule has 4 rings (SSSR count). The highest BCUT2D eigenvalue weighted by atomic mass is 32.2. The third kappa shape index (κ3) is 18.5. The normalized spacial score (nSPS) is 15.5. The Balaban J connectivity index is 0.974. The molecule has 9 nitrogen and oxygen atoms in total. The number of hydrogen-bond donors (Lipinski definition) is 0. The van der Waals surface area contributed by atoms with Crippen molar-refractivity contribution < 1.29 is 46.4 Å². The maximum Gasteiger partial charge on any atom is 0.573 e. The molecule has 0 radical (unpaired) electrons. The number of rotatable bonds is 25. The summed E-state index contributed by atoms with van der Waals surface area (Å²) in [6.45, 7) is 5.24. The smallest absolute Gasteiger partial charge is 0.406 e. The highest BCUT2D eigenvalue weighted by Crippen LogP contribution is 2.26. The van der Waals surface area contributed by atoms with Crippen molar-refractivity contribution in [3.8, 4) is 17.0 Å². The molecule has 1 heterocycles. The molecule has 0 amide bonds. The maximum atomic E-state index is 12.9. The van der Waals surface area contributed by atoms with E-state index in [0.717, 1.165) is 28.7 Å². The lowest BCUT2D eigenvalue weighted by atomic mass is 10.0. The molecule has 13 heteroatoms. The van der Waals surface area contributed by atoms with Crippen LogP contribution in [0, 0.1) is 0 Å². The highest BCUT2D eigenvalue weighted by Gasteiger charge is 2.31. The molecule has 290 valence electrons. The monoisotopic (exact) mass is 760 g/mol.